The molecule has 0 saturated carbocycles. The molecule has 2 aliphatic rings. The van der Waals surface area contributed by atoms with Gasteiger partial charge in [0.05, 0.1) is 13.2 Å². The molecule has 2 saturated heterocycles. The number of hydrogen-bond donors (Lipinski definition) is 0. The zero-order chi connectivity index (χ0) is 4.91. The summed E-state index contributed by atoms with van der Waals surface area (Å²) in [6.45, 7) is 3.90. The molecule has 7 heavy (non-hydrogen) atoms. The molecule has 0 N–H and O–H groups in total. The molecule has 0 aromatic rings. The lowest BCUT2D eigenvalue weighted by Crippen LogP contribution is -2.12. The van der Waals surface area contributed by atoms with Gasteiger partial charge < -0.3 is 9.47 Å². The van der Waals surface area contributed by atoms with E-state index in [9.17, 15) is 0 Å². The smallest absolute Gasteiger partial charge is 0.117 e. The summed E-state index contributed by atoms with van der Waals surface area (Å²) in [4.78, 5) is 0. The first-order valence-electron chi connectivity index (χ1n) is 2.57. The Labute approximate surface area is 42.4 Å². The summed E-state index contributed by atoms with van der Waals surface area (Å²) in [7, 11) is 0. The molecular weight excluding hydrogens is 92.1 g/mol. The second kappa shape index (κ2) is 0.858. The molecule has 2 fully saturated rings. The van der Waals surface area contributed by atoms with E-state index in [1.807, 2.05) is 0 Å². The Morgan fingerprint density at radius 1 is 1.71 bits per heavy atom. The molecule has 40 valence electrons. The van der Waals surface area contributed by atoms with Crippen molar-refractivity contribution in [1.82, 2.24) is 0 Å². The maximum absolute atomic E-state index is 5.09. The molecule has 2 atom stereocenters. The molecule has 0 aliphatic carbocycles. The van der Waals surface area contributed by atoms with Crippen molar-refractivity contribution in [3.8, 4) is 0 Å². The first-order valence-corrected chi connectivity index (χ1v) is 2.57. The van der Waals surface area contributed by atoms with Crippen molar-refractivity contribution < 1.29 is 9.47 Å². The van der Waals surface area contributed by atoms with Crippen molar-refractivity contribution in [2.75, 3.05) is 13.2 Å². The monoisotopic (exact) mass is 100 g/mol. The van der Waals surface area contributed by atoms with E-state index in [1.165, 1.54) is 0 Å². The molecule has 2 rings (SSSR count). The fourth-order valence-electron chi connectivity index (χ4n) is 0.700. The van der Waals surface area contributed by atoms with Gasteiger partial charge >= 0.3 is 0 Å². The average molecular weight is 100 g/mol. The highest BCUT2D eigenvalue weighted by Crippen LogP contribution is 2.37. The van der Waals surface area contributed by atoms with Crippen LogP contribution < -0.4 is 0 Å². The third-order valence-electron chi connectivity index (χ3n) is 1.61. The molecule has 0 amide bonds. The van der Waals surface area contributed by atoms with Crippen molar-refractivity contribution in [1.29, 1.82) is 0 Å². The molecule has 0 aromatic heterocycles. The Balaban J connectivity index is 2.04. The van der Waals surface area contributed by atoms with Gasteiger partial charge in [0.15, 0.2) is 0 Å². The Morgan fingerprint density at radius 2 is 2.29 bits per heavy atom. The Bertz CT molecular complexity index is 92.3. The summed E-state index contributed by atoms with van der Waals surface area (Å²) in [5.41, 5.74) is 0.139. The Morgan fingerprint density at radius 3 is 2.43 bits per heavy atom. The molecule has 0 radical (unpaired) electrons. The summed E-state index contributed by atoms with van der Waals surface area (Å²) in [5.74, 6) is 0. The van der Waals surface area contributed by atoms with Crippen molar-refractivity contribution >= 4 is 0 Å². The fourth-order valence-corrected chi connectivity index (χ4v) is 0.700. The predicted octanol–water partition coefficient (Wildman–Crippen LogP) is 0.174. The van der Waals surface area contributed by atoms with E-state index in [0.29, 0.717) is 6.10 Å². The summed E-state index contributed by atoms with van der Waals surface area (Å²) in [6.07, 6.45) is 0.437. The molecule has 0 aromatic carbocycles. The van der Waals surface area contributed by atoms with Gasteiger partial charge in [-0.05, 0) is 6.92 Å². The van der Waals surface area contributed by atoms with Gasteiger partial charge in [0.25, 0.3) is 0 Å². The van der Waals surface area contributed by atoms with E-state index in [2.05, 4.69) is 6.92 Å². The quantitative estimate of drug-likeness (QED) is 0.439. The van der Waals surface area contributed by atoms with Crippen LogP contribution in [0.2, 0.25) is 0 Å². The summed E-state index contributed by atoms with van der Waals surface area (Å²) >= 11 is 0. The summed E-state index contributed by atoms with van der Waals surface area (Å²) < 4.78 is 10.1. The van der Waals surface area contributed by atoms with E-state index >= 15 is 0 Å². The lowest BCUT2D eigenvalue weighted by Gasteiger charge is -1.92. The molecule has 0 bridgehead atoms. The van der Waals surface area contributed by atoms with Crippen LogP contribution in [-0.2, 0) is 9.47 Å². The highest BCUT2D eigenvalue weighted by Gasteiger charge is 2.53. The second-order valence-corrected chi connectivity index (χ2v) is 2.42. The van der Waals surface area contributed by atoms with Crippen LogP contribution in [0.3, 0.4) is 0 Å². The molecule has 2 heterocycles. The predicted molar refractivity (Wildman–Crippen MR) is 24.1 cm³/mol. The second-order valence-electron chi connectivity index (χ2n) is 2.42. The molecule has 2 heteroatoms. The highest BCUT2D eigenvalue weighted by molar-refractivity contribution is 5.00. The molecule has 2 nitrogen and oxygen atoms in total. The summed E-state index contributed by atoms with van der Waals surface area (Å²) in [5, 5.41) is 0. The van der Waals surface area contributed by atoms with Crippen LogP contribution in [-0.4, -0.2) is 24.9 Å². The standard InChI is InChI=1S/C5H8O2/c1-5(3-7-5)4-2-6-4/h4H,2-3H2,1H3/t4-,5-/m1/s1. The van der Waals surface area contributed by atoms with Crippen LogP contribution in [0, 0.1) is 0 Å². The van der Waals surface area contributed by atoms with Gasteiger partial charge in [-0.15, -0.1) is 0 Å². The van der Waals surface area contributed by atoms with Crippen molar-refractivity contribution in [2.24, 2.45) is 0 Å². The first-order chi connectivity index (χ1) is 3.31. The zero-order valence-electron chi connectivity index (χ0n) is 4.31. The van der Waals surface area contributed by atoms with Crippen molar-refractivity contribution in [2.45, 2.75) is 18.6 Å². The Hall–Kier alpha value is -0.0800. The van der Waals surface area contributed by atoms with E-state index in [0.717, 1.165) is 13.2 Å². The van der Waals surface area contributed by atoms with E-state index < -0.39 is 0 Å². The van der Waals surface area contributed by atoms with Gasteiger partial charge in [-0.25, -0.2) is 0 Å². The van der Waals surface area contributed by atoms with Gasteiger partial charge in [0.1, 0.15) is 11.7 Å². The Kier molecular flexibility index (Phi) is 0.474. The maximum Gasteiger partial charge on any atom is 0.117 e. The normalized spacial score (nSPS) is 57.0. The summed E-state index contributed by atoms with van der Waals surface area (Å²) in [6, 6.07) is 0. The van der Waals surface area contributed by atoms with E-state index in [1.54, 1.807) is 0 Å². The van der Waals surface area contributed by atoms with Crippen molar-refractivity contribution in [3.63, 3.8) is 0 Å². The molecule has 2 aliphatic heterocycles. The van der Waals surface area contributed by atoms with Gasteiger partial charge in [-0.1, -0.05) is 0 Å². The third-order valence-corrected chi connectivity index (χ3v) is 1.61. The topological polar surface area (TPSA) is 25.1 Å². The average Bonchev–Trinajstić information content (AvgIpc) is 2.14. The van der Waals surface area contributed by atoms with Crippen LogP contribution in [0.5, 0.6) is 0 Å². The minimum absolute atomic E-state index is 0.139. The number of epoxide rings is 2. The van der Waals surface area contributed by atoms with Crippen LogP contribution in [0.25, 0.3) is 0 Å². The van der Waals surface area contributed by atoms with Gasteiger partial charge in [0, 0.05) is 0 Å². The number of ether oxygens (including phenoxy) is 2. The minimum atomic E-state index is 0.139. The molecule has 0 spiro atoms. The van der Waals surface area contributed by atoms with Crippen LogP contribution in [0.4, 0.5) is 0 Å². The highest BCUT2D eigenvalue weighted by atomic mass is 16.7. The maximum atomic E-state index is 5.09. The van der Waals surface area contributed by atoms with Crippen LogP contribution in [0.1, 0.15) is 6.92 Å². The van der Waals surface area contributed by atoms with Crippen LogP contribution in [0.15, 0.2) is 0 Å². The third kappa shape index (κ3) is 0.469. The number of rotatable bonds is 1. The zero-order valence-corrected chi connectivity index (χ0v) is 4.31. The first kappa shape index (κ1) is 3.87. The largest absolute Gasteiger partial charge is 0.370 e. The molecular formula is C5H8O2. The van der Waals surface area contributed by atoms with E-state index in [4.69, 9.17) is 9.47 Å². The van der Waals surface area contributed by atoms with Gasteiger partial charge in [-0.3, -0.25) is 0 Å². The lowest BCUT2D eigenvalue weighted by molar-refractivity contribution is 0.253. The minimum Gasteiger partial charge on any atom is -0.370 e. The molecule has 0 unspecified atom stereocenters. The van der Waals surface area contributed by atoms with Crippen LogP contribution >= 0.6 is 0 Å². The SMILES string of the molecule is C[C@]1([C@H]2CO2)CO1. The van der Waals surface area contributed by atoms with E-state index in [-0.39, 0.29) is 5.60 Å². The fraction of sp³-hybridized carbons (Fsp3) is 1.00. The van der Waals surface area contributed by atoms with Gasteiger partial charge in [0.2, 0.25) is 0 Å². The number of hydrogen-bond acceptors (Lipinski definition) is 2. The lowest BCUT2D eigenvalue weighted by atomic mass is 10.1. The van der Waals surface area contributed by atoms with Crippen molar-refractivity contribution in [3.05, 3.63) is 0 Å². The van der Waals surface area contributed by atoms with Gasteiger partial charge in [-0.2, -0.15) is 0 Å².